The predicted molar refractivity (Wildman–Crippen MR) is 139 cm³/mol. The summed E-state index contributed by atoms with van der Waals surface area (Å²) in [6, 6.07) is 20.7. The third-order valence-corrected chi connectivity index (χ3v) is 6.04. The summed E-state index contributed by atoms with van der Waals surface area (Å²) >= 11 is 8.03. The largest absolute Gasteiger partial charge is 0.508 e. The maximum Gasteiger partial charge on any atom is 0.308 e. The number of carbonyl (C=O) groups is 1. The van der Waals surface area contributed by atoms with E-state index in [1.165, 1.54) is 57.7 Å². The lowest BCUT2D eigenvalue weighted by Gasteiger charge is -2.22. The first-order valence-electron chi connectivity index (χ1n) is 10.2. The van der Waals surface area contributed by atoms with Gasteiger partial charge in [0.05, 0.1) is 0 Å². The fraction of sp³-hybridized carbons (Fsp3) is 0.192. The molecular weight excluding hydrogens is 477 g/mol. The Bertz CT molecular complexity index is 1110. The van der Waals surface area contributed by atoms with Crippen molar-refractivity contribution in [3.63, 3.8) is 0 Å². The van der Waals surface area contributed by atoms with E-state index in [1.807, 2.05) is 17.8 Å². The Morgan fingerprint density at radius 3 is 2.36 bits per heavy atom. The van der Waals surface area contributed by atoms with Crippen molar-refractivity contribution in [2.75, 3.05) is 20.6 Å². The first kappa shape index (κ1) is 26.8. The summed E-state index contributed by atoms with van der Waals surface area (Å²) in [6.07, 6.45) is 3.38. The van der Waals surface area contributed by atoms with Crippen LogP contribution in [0.2, 0.25) is 5.02 Å². The third kappa shape index (κ3) is 7.83. The monoisotopic (exact) mass is 503 g/mol. The Hall–Kier alpha value is -2.44. The number of hydrogen-bond donors (Lipinski definition) is 1. The van der Waals surface area contributed by atoms with Crippen molar-refractivity contribution >= 4 is 47.3 Å². The van der Waals surface area contributed by atoms with Crippen molar-refractivity contribution in [3.8, 4) is 11.5 Å². The van der Waals surface area contributed by atoms with E-state index in [0.29, 0.717) is 5.75 Å². The van der Waals surface area contributed by atoms with Gasteiger partial charge in [0.2, 0.25) is 0 Å². The van der Waals surface area contributed by atoms with Gasteiger partial charge in [-0.25, -0.2) is 0 Å². The summed E-state index contributed by atoms with van der Waals surface area (Å²) in [4.78, 5) is 15.2. The summed E-state index contributed by atoms with van der Waals surface area (Å²) in [5.74, 6) is 0.229. The Balaban J connectivity index is 0.000000274. The zero-order valence-electron chi connectivity index (χ0n) is 18.7. The SMILES string of the molecule is CC(=O)Oc1ccc(O)cc1.CN(C)CCC=C1c2ccccc2Sc2ccc(Cl)cc21.Cl. The van der Waals surface area contributed by atoms with Gasteiger partial charge in [0.1, 0.15) is 11.5 Å². The molecular formula is C26H27Cl2NO3S. The number of halogens is 2. The molecule has 33 heavy (non-hydrogen) atoms. The van der Waals surface area contributed by atoms with E-state index in [1.54, 1.807) is 0 Å². The van der Waals surface area contributed by atoms with E-state index in [9.17, 15) is 4.79 Å². The normalized spacial score (nSPS) is 12.7. The summed E-state index contributed by atoms with van der Waals surface area (Å²) in [5, 5.41) is 9.65. The van der Waals surface area contributed by atoms with Crippen molar-refractivity contribution in [2.24, 2.45) is 0 Å². The lowest BCUT2D eigenvalue weighted by Crippen LogP contribution is -2.12. The molecule has 1 N–H and O–H groups in total. The van der Waals surface area contributed by atoms with E-state index in [2.05, 4.69) is 61.5 Å². The van der Waals surface area contributed by atoms with Crippen LogP contribution in [-0.2, 0) is 4.79 Å². The maximum atomic E-state index is 10.4. The number of aromatic hydroxyl groups is 1. The van der Waals surface area contributed by atoms with Crippen LogP contribution in [0.4, 0.5) is 0 Å². The van der Waals surface area contributed by atoms with Gasteiger partial charge in [-0.3, -0.25) is 4.79 Å². The molecule has 0 amide bonds. The molecule has 0 aliphatic carbocycles. The van der Waals surface area contributed by atoms with Gasteiger partial charge in [-0.1, -0.05) is 47.6 Å². The molecule has 0 atom stereocenters. The van der Waals surface area contributed by atoms with Gasteiger partial charge in [0.25, 0.3) is 0 Å². The van der Waals surface area contributed by atoms with Crippen molar-refractivity contribution in [1.82, 2.24) is 4.90 Å². The molecule has 1 aliphatic heterocycles. The van der Waals surface area contributed by atoms with E-state index in [4.69, 9.17) is 21.4 Å². The Labute approximate surface area is 210 Å². The second-order valence-electron chi connectivity index (χ2n) is 7.54. The molecule has 3 aromatic carbocycles. The van der Waals surface area contributed by atoms with Crippen LogP contribution in [-0.4, -0.2) is 36.6 Å². The van der Waals surface area contributed by atoms with Crippen LogP contribution in [0.25, 0.3) is 5.57 Å². The van der Waals surface area contributed by atoms with Crippen LogP contribution < -0.4 is 4.74 Å². The first-order valence-corrected chi connectivity index (χ1v) is 11.4. The fourth-order valence-electron chi connectivity index (χ4n) is 3.21. The molecule has 174 valence electrons. The molecule has 0 saturated heterocycles. The molecule has 0 bridgehead atoms. The van der Waals surface area contributed by atoms with Crippen LogP contribution >= 0.6 is 35.8 Å². The minimum Gasteiger partial charge on any atom is -0.508 e. The number of phenolic OH excluding ortho intramolecular Hbond substituents is 1. The van der Waals surface area contributed by atoms with Gasteiger partial charge in [-0.05, 0) is 85.7 Å². The molecule has 4 nitrogen and oxygen atoms in total. The van der Waals surface area contributed by atoms with Gasteiger partial charge in [0.15, 0.2) is 0 Å². The number of rotatable bonds is 4. The summed E-state index contributed by atoms with van der Waals surface area (Å²) in [7, 11) is 4.21. The van der Waals surface area contributed by atoms with Crippen LogP contribution in [0.15, 0.2) is 82.6 Å². The first-order chi connectivity index (χ1) is 15.3. The molecule has 3 aromatic rings. The lowest BCUT2D eigenvalue weighted by molar-refractivity contribution is -0.131. The molecule has 1 heterocycles. The molecule has 7 heteroatoms. The van der Waals surface area contributed by atoms with E-state index in [-0.39, 0.29) is 24.1 Å². The highest BCUT2D eigenvalue weighted by molar-refractivity contribution is 7.99. The van der Waals surface area contributed by atoms with E-state index < -0.39 is 0 Å². The zero-order valence-corrected chi connectivity index (χ0v) is 21.1. The molecule has 0 unspecified atom stereocenters. The highest BCUT2D eigenvalue weighted by Crippen LogP contribution is 2.46. The average Bonchev–Trinajstić information content (AvgIpc) is 2.75. The van der Waals surface area contributed by atoms with Crippen molar-refractivity contribution in [3.05, 3.63) is 89.0 Å². The lowest BCUT2D eigenvalue weighted by atomic mass is 9.96. The highest BCUT2D eigenvalue weighted by atomic mass is 35.5. The minimum atomic E-state index is -0.365. The minimum absolute atomic E-state index is 0. The number of benzene rings is 3. The van der Waals surface area contributed by atoms with Crippen molar-refractivity contribution in [1.29, 1.82) is 0 Å². The molecule has 0 saturated carbocycles. The predicted octanol–water partition coefficient (Wildman–Crippen LogP) is 6.93. The summed E-state index contributed by atoms with van der Waals surface area (Å²) < 4.78 is 4.72. The van der Waals surface area contributed by atoms with Gasteiger partial charge in [0, 0.05) is 28.3 Å². The van der Waals surface area contributed by atoms with Gasteiger partial charge in [-0.15, -0.1) is 12.4 Å². The van der Waals surface area contributed by atoms with Crippen molar-refractivity contribution in [2.45, 2.75) is 23.1 Å². The van der Waals surface area contributed by atoms with E-state index >= 15 is 0 Å². The summed E-state index contributed by atoms with van der Waals surface area (Å²) in [6.45, 7) is 2.38. The van der Waals surface area contributed by atoms with Crippen LogP contribution in [0, 0.1) is 0 Å². The zero-order chi connectivity index (χ0) is 23.1. The van der Waals surface area contributed by atoms with Crippen LogP contribution in [0.5, 0.6) is 11.5 Å². The van der Waals surface area contributed by atoms with Gasteiger partial charge >= 0.3 is 5.97 Å². The fourth-order valence-corrected chi connectivity index (χ4v) is 4.47. The number of esters is 1. The number of hydrogen-bond acceptors (Lipinski definition) is 5. The molecule has 0 spiro atoms. The van der Waals surface area contributed by atoms with Crippen LogP contribution in [0.1, 0.15) is 24.5 Å². The summed E-state index contributed by atoms with van der Waals surface area (Å²) in [5.41, 5.74) is 3.88. The molecule has 0 aromatic heterocycles. The number of fused-ring (bicyclic) bond motifs is 2. The quantitative estimate of drug-likeness (QED) is 0.241. The van der Waals surface area contributed by atoms with Crippen LogP contribution in [0.3, 0.4) is 0 Å². The number of phenols is 1. The van der Waals surface area contributed by atoms with Gasteiger partial charge in [-0.2, -0.15) is 0 Å². The average molecular weight is 504 g/mol. The molecule has 1 aliphatic rings. The topological polar surface area (TPSA) is 49.8 Å². The Morgan fingerprint density at radius 2 is 1.70 bits per heavy atom. The number of ether oxygens (including phenoxy) is 1. The molecule has 4 rings (SSSR count). The Morgan fingerprint density at radius 1 is 1.03 bits per heavy atom. The molecule has 0 radical (unpaired) electrons. The van der Waals surface area contributed by atoms with E-state index in [0.717, 1.165) is 18.0 Å². The number of carbonyl (C=O) groups excluding carboxylic acids is 1. The standard InChI is InChI=1S/C18H18ClNS.C8H8O3.ClH/c1-20(2)11-5-7-14-15-6-3-4-8-17(15)21-18-10-9-13(19)12-16(14)18;1-6(9)11-8-4-2-7(10)3-5-8;/h3-4,6-10,12H,5,11H2,1-2H3;2-5,10H,1H3;1H. The van der Waals surface area contributed by atoms with Gasteiger partial charge < -0.3 is 14.7 Å². The Kier molecular flexibility index (Phi) is 10.3. The second-order valence-corrected chi connectivity index (χ2v) is 9.06. The maximum absolute atomic E-state index is 10.4. The smallest absolute Gasteiger partial charge is 0.308 e. The highest BCUT2D eigenvalue weighted by Gasteiger charge is 2.20. The second kappa shape index (κ2) is 12.7. The van der Waals surface area contributed by atoms with Crippen molar-refractivity contribution < 1.29 is 14.6 Å². The molecule has 0 fully saturated rings. The third-order valence-electron chi connectivity index (χ3n) is 4.65. The number of nitrogens with zero attached hydrogens (tertiary/aromatic N) is 1.